The van der Waals surface area contributed by atoms with E-state index >= 15 is 0 Å². The van der Waals surface area contributed by atoms with Crippen LogP contribution in [0.2, 0.25) is 0 Å². The summed E-state index contributed by atoms with van der Waals surface area (Å²) in [6.45, 7) is 8.19. The molecule has 3 aromatic rings. The van der Waals surface area contributed by atoms with Gasteiger partial charge < -0.3 is 31.1 Å². The molecule has 258 valence electrons. The van der Waals surface area contributed by atoms with Gasteiger partial charge in [-0.3, -0.25) is 14.4 Å². The lowest BCUT2D eigenvalue weighted by atomic mass is 9.78. The number of nitrogens with zero attached hydrogens (tertiary/aromatic N) is 3. The summed E-state index contributed by atoms with van der Waals surface area (Å²) in [4.78, 5) is 50.1. The number of nitrogens with one attached hydrogen (secondary N) is 4. The number of amides is 3. The number of piperidine rings is 2. The second kappa shape index (κ2) is 14.0. The van der Waals surface area contributed by atoms with Gasteiger partial charge in [0.1, 0.15) is 12.4 Å². The Kier molecular flexibility index (Phi) is 9.55. The Balaban J connectivity index is 1.05. The van der Waals surface area contributed by atoms with Crippen LogP contribution in [0.1, 0.15) is 60.4 Å². The summed E-state index contributed by atoms with van der Waals surface area (Å²) in [6.07, 6.45) is 6.85. The van der Waals surface area contributed by atoms with Crippen molar-refractivity contribution >= 4 is 29.2 Å². The standard InChI is InChI=1S/C39H49N7O3/c1-38(13-18-45(19-14-38)24-27-11-16-41-17-12-27)37(49)46(25-30-7-4-3-6-29(30)23-40-2)26-34(47)43-32-10-9-28-21-39(22-31(28)20-32)33-8-5-15-42-35(33)44-36(39)48/h3-10,15,20,27,40-41H,11-14,16-19,21-26H2,1-2H3,(H,43,47)(H,42,44,48)/t39-/m1/s1. The van der Waals surface area contributed by atoms with Gasteiger partial charge in [0, 0.05) is 42.5 Å². The normalized spacial score (nSPS) is 21.6. The average molecular weight is 664 g/mol. The van der Waals surface area contributed by atoms with Crippen molar-refractivity contribution < 1.29 is 14.4 Å². The highest BCUT2D eigenvalue weighted by Gasteiger charge is 2.51. The fourth-order valence-corrected chi connectivity index (χ4v) is 8.45. The van der Waals surface area contributed by atoms with Crippen LogP contribution >= 0.6 is 0 Å². The molecule has 7 rings (SSSR count). The zero-order chi connectivity index (χ0) is 34.0. The Bertz CT molecular complexity index is 1710. The summed E-state index contributed by atoms with van der Waals surface area (Å²) < 4.78 is 0. The van der Waals surface area contributed by atoms with Crippen molar-refractivity contribution in [2.24, 2.45) is 11.3 Å². The maximum absolute atomic E-state index is 14.5. The molecule has 2 aromatic carbocycles. The number of hydrogen-bond acceptors (Lipinski definition) is 7. The van der Waals surface area contributed by atoms with Crippen molar-refractivity contribution in [2.75, 3.05) is 56.9 Å². The number of hydrogen-bond donors (Lipinski definition) is 4. The molecule has 0 unspecified atom stereocenters. The third-order valence-electron chi connectivity index (χ3n) is 11.4. The molecular weight excluding hydrogens is 614 g/mol. The molecule has 1 atom stereocenters. The summed E-state index contributed by atoms with van der Waals surface area (Å²) in [5, 5.41) is 12.7. The molecule has 1 aromatic heterocycles. The minimum absolute atomic E-state index is 0.0266. The van der Waals surface area contributed by atoms with Gasteiger partial charge in [-0.25, -0.2) is 4.98 Å². The van der Waals surface area contributed by atoms with Crippen LogP contribution in [-0.2, 0) is 45.7 Å². The van der Waals surface area contributed by atoms with Crippen LogP contribution in [0.5, 0.6) is 0 Å². The number of anilines is 2. The van der Waals surface area contributed by atoms with Crippen molar-refractivity contribution in [3.63, 3.8) is 0 Å². The van der Waals surface area contributed by atoms with Gasteiger partial charge in [-0.15, -0.1) is 0 Å². The SMILES string of the molecule is CNCc1ccccc1CN(CC(=O)Nc1ccc2c(c1)C[C@@]1(C2)C(=O)Nc2ncccc21)C(=O)C1(C)CCN(CC2CCNCC2)CC1. The van der Waals surface area contributed by atoms with E-state index in [1.807, 2.05) is 49.5 Å². The summed E-state index contributed by atoms with van der Waals surface area (Å²) in [5.41, 5.74) is 4.70. The molecule has 2 saturated heterocycles. The van der Waals surface area contributed by atoms with E-state index < -0.39 is 10.8 Å². The molecule has 4 aliphatic rings. The number of likely N-dealkylation sites (tertiary alicyclic amines) is 1. The fourth-order valence-electron chi connectivity index (χ4n) is 8.45. The monoisotopic (exact) mass is 663 g/mol. The van der Waals surface area contributed by atoms with Gasteiger partial charge in [0.05, 0.1) is 5.41 Å². The number of carbonyl (C=O) groups is 3. The minimum Gasteiger partial charge on any atom is -0.329 e. The van der Waals surface area contributed by atoms with E-state index in [0.29, 0.717) is 37.4 Å². The first-order chi connectivity index (χ1) is 23.8. The largest absolute Gasteiger partial charge is 0.329 e. The zero-order valence-corrected chi connectivity index (χ0v) is 28.8. The van der Waals surface area contributed by atoms with Gasteiger partial charge >= 0.3 is 0 Å². The van der Waals surface area contributed by atoms with Gasteiger partial charge in [0.25, 0.3) is 0 Å². The Morgan fingerprint density at radius 2 is 1.76 bits per heavy atom. The van der Waals surface area contributed by atoms with Crippen molar-refractivity contribution in [2.45, 2.75) is 64.0 Å². The van der Waals surface area contributed by atoms with E-state index in [9.17, 15) is 14.4 Å². The average Bonchev–Trinajstić information content (AvgIpc) is 3.62. The van der Waals surface area contributed by atoms with Crippen molar-refractivity contribution in [3.8, 4) is 0 Å². The van der Waals surface area contributed by atoms with E-state index in [2.05, 4.69) is 50.2 Å². The van der Waals surface area contributed by atoms with Crippen molar-refractivity contribution in [1.29, 1.82) is 0 Å². The zero-order valence-electron chi connectivity index (χ0n) is 28.8. The number of pyridine rings is 1. The molecular formula is C39H49N7O3. The number of aromatic nitrogens is 1. The van der Waals surface area contributed by atoms with Crippen LogP contribution in [0, 0.1) is 11.3 Å². The molecule has 2 fully saturated rings. The predicted octanol–water partition coefficient (Wildman–Crippen LogP) is 3.86. The molecule has 0 bridgehead atoms. The Morgan fingerprint density at radius 3 is 2.53 bits per heavy atom. The molecule has 49 heavy (non-hydrogen) atoms. The van der Waals surface area contributed by atoms with Crippen LogP contribution in [0.4, 0.5) is 11.5 Å². The Hall–Kier alpha value is -4.12. The summed E-state index contributed by atoms with van der Waals surface area (Å²) in [6, 6.07) is 17.9. The lowest BCUT2D eigenvalue weighted by Gasteiger charge is -2.42. The smallest absolute Gasteiger partial charge is 0.244 e. The summed E-state index contributed by atoms with van der Waals surface area (Å²) >= 11 is 0. The Labute approximate surface area is 289 Å². The predicted molar refractivity (Wildman–Crippen MR) is 191 cm³/mol. The van der Waals surface area contributed by atoms with Gasteiger partial charge in [-0.05, 0) is 118 Å². The highest BCUT2D eigenvalue weighted by Crippen LogP contribution is 2.47. The van der Waals surface area contributed by atoms with E-state index in [4.69, 9.17) is 0 Å². The lowest BCUT2D eigenvalue weighted by Crippen LogP contribution is -2.51. The van der Waals surface area contributed by atoms with E-state index in [0.717, 1.165) is 79.3 Å². The fraction of sp³-hybridized carbons (Fsp3) is 0.487. The molecule has 3 aliphatic heterocycles. The molecule has 0 radical (unpaired) electrons. The second-order valence-corrected chi connectivity index (χ2v) is 14.8. The third-order valence-corrected chi connectivity index (χ3v) is 11.4. The Morgan fingerprint density at radius 1 is 1.00 bits per heavy atom. The third kappa shape index (κ3) is 6.87. The van der Waals surface area contributed by atoms with Crippen LogP contribution in [0.15, 0.2) is 60.8 Å². The molecule has 4 heterocycles. The van der Waals surface area contributed by atoms with Crippen molar-refractivity contribution in [3.05, 3.63) is 88.6 Å². The number of benzene rings is 2. The van der Waals surface area contributed by atoms with Crippen molar-refractivity contribution in [1.82, 2.24) is 25.4 Å². The van der Waals surface area contributed by atoms with E-state index in [1.54, 1.807) is 11.1 Å². The van der Waals surface area contributed by atoms with Gasteiger partial charge in [-0.1, -0.05) is 43.3 Å². The number of rotatable bonds is 10. The number of carbonyl (C=O) groups excluding carboxylic acids is 3. The molecule has 10 heteroatoms. The highest BCUT2D eigenvalue weighted by atomic mass is 16.2. The topological polar surface area (TPSA) is 119 Å². The molecule has 1 aliphatic carbocycles. The quantitative estimate of drug-likeness (QED) is 0.260. The van der Waals surface area contributed by atoms with Crippen LogP contribution in [-0.4, -0.2) is 78.8 Å². The molecule has 4 N–H and O–H groups in total. The first kappa shape index (κ1) is 33.4. The van der Waals surface area contributed by atoms with Crippen LogP contribution in [0.25, 0.3) is 0 Å². The maximum Gasteiger partial charge on any atom is 0.244 e. The van der Waals surface area contributed by atoms with E-state index in [1.165, 1.54) is 12.8 Å². The maximum atomic E-state index is 14.5. The first-order valence-electron chi connectivity index (χ1n) is 17.9. The van der Waals surface area contributed by atoms with Crippen LogP contribution in [0.3, 0.4) is 0 Å². The van der Waals surface area contributed by atoms with Gasteiger partial charge in [0.15, 0.2) is 0 Å². The summed E-state index contributed by atoms with van der Waals surface area (Å²) in [7, 11) is 1.92. The number of fused-ring (bicyclic) bond motifs is 3. The molecule has 10 nitrogen and oxygen atoms in total. The second-order valence-electron chi connectivity index (χ2n) is 14.8. The van der Waals surface area contributed by atoms with Gasteiger partial charge in [0.2, 0.25) is 17.7 Å². The molecule has 3 amide bonds. The molecule has 0 saturated carbocycles. The minimum atomic E-state index is -0.669. The highest BCUT2D eigenvalue weighted by molar-refractivity contribution is 6.06. The van der Waals surface area contributed by atoms with Gasteiger partial charge in [-0.2, -0.15) is 0 Å². The van der Waals surface area contributed by atoms with Crippen LogP contribution < -0.4 is 21.3 Å². The first-order valence-corrected chi connectivity index (χ1v) is 17.9. The lowest BCUT2D eigenvalue weighted by molar-refractivity contribution is -0.146. The van der Waals surface area contributed by atoms with E-state index in [-0.39, 0.29) is 24.3 Å². The molecule has 1 spiro atoms. The summed E-state index contributed by atoms with van der Waals surface area (Å²) in [5.74, 6) is 1.14.